The molecule has 0 fully saturated rings. The topological polar surface area (TPSA) is 55.8 Å². The van der Waals surface area contributed by atoms with Crippen LogP contribution in [-0.4, -0.2) is 4.89 Å². The molecule has 0 bridgehead atoms. The van der Waals surface area contributed by atoms with E-state index < -0.39 is 7.82 Å². The van der Waals surface area contributed by atoms with Crippen molar-refractivity contribution < 1.29 is 18.5 Å². The maximum Gasteiger partial charge on any atom is 0.584 e. The highest BCUT2D eigenvalue weighted by molar-refractivity contribution is 7.48. The van der Waals surface area contributed by atoms with Crippen LogP contribution < -0.4 is 4.52 Å². The van der Waals surface area contributed by atoms with Gasteiger partial charge in [0.15, 0.2) is 0 Å². The molecule has 1 aromatic rings. The summed E-state index contributed by atoms with van der Waals surface area (Å²) in [5, 5.41) is 0. The summed E-state index contributed by atoms with van der Waals surface area (Å²) < 4.78 is 22.4. The number of benzene rings is 1. The van der Waals surface area contributed by atoms with Crippen LogP contribution in [0.4, 0.5) is 0 Å². The molecule has 1 atom stereocenters. The van der Waals surface area contributed by atoms with Gasteiger partial charge >= 0.3 is 7.82 Å². The minimum Gasteiger partial charge on any atom is -0.400 e. The molecule has 0 saturated carbocycles. The lowest BCUT2D eigenvalue weighted by molar-refractivity contribution is 0.242. The Kier molecular flexibility index (Phi) is 11.3. The average molecular weight is 368 g/mol. The zero-order valence-electron chi connectivity index (χ0n) is 15.7. The Morgan fingerprint density at radius 3 is 2.12 bits per heavy atom. The minimum atomic E-state index is -4.13. The van der Waals surface area contributed by atoms with Gasteiger partial charge in [0.1, 0.15) is 11.5 Å². The van der Waals surface area contributed by atoms with Gasteiger partial charge in [-0.2, -0.15) is 0 Å². The first-order valence-electron chi connectivity index (χ1n) is 9.49. The first-order chi connectivity index (χ1) is 12.1. The Morgan fingerprint density at radius 1 is 1.00 bits per heavy atom. The van der Waals surface area contributed by atoms with E-state index in [4.69, 9.17) is 9.05 Å². The Hall–Kier alpha value is -1.25. The van der Waals surface area contributed by atoms with Crippen molar-refractivity contribution in [3.8, 4) is 5.75 Å². The third-order valence-corrected chi connectivity index (χ3v) is 4.95. The number of para-hydroxylation sites is 1. The summed E-state index contributed by atoms with van der Waals surface area (Å²) >= 11 is 0. The number of rotatable bonds is 14. The van der Waals surface area contributed by atoms with Gasteiger partial charge in [-0.1, -0.05) is 76.5 Å². The van der Waals surface area contributed by atoms with Gasteiger partial charge in [-0.25, -0.2) is 4.57 Å². The van der Waals surface area contributed by atoms with E-state index in [1.807, 2.05) is 13.0 Å². The van der Waals surface area contributed by atoms with E-state index in [0.717, 1.165) is 12.8 Å². The van der Waals surface area contributed by atoms with Crippen LogP contribution in [0.25, 0.3) is 0 Å². The Labute approximate surface area is 152 Å². The maximum atomic E-state index is 12.1. The van der Waals surface area contributed by atoms with Crippen molar-refractivity contribution in [3.63, 3.8) is 0 Å². The molecule has 1 N–H and O–H groups in total. The molecule has 0 aliphatic heterocycles. The molecule has 4 nitrogen and oxygen atoms in total. The SMILES string of the molecule is CC=C(CCCCCCCCCCC)OP(=O)(O)Oc1ccccc1. The van der Waals surface area contributed by atoms with Gasteiger partial charge in [-0.05, 0) is 31.6 Å². The summed E-state index contributed by atoms with van der Waals surface area (Å²) in [5.74, 6) is 0.844. The van der Waals surface area contributed by atoms with Crippen molar-refractivity contribution >= 4 is 7.82 Å². The number of allylic oxidation sites excluding steroid dienone is 2. The second kappa shape index (κ2) is 13.0. The highest BCUT2D eigenvalue weighted by Gasteiger charge is 2.25. The monoisotopic (exact) mass is 368 g/mol. The Morgan fingerprint density at radius 2 is 1.56 bits per heavy atom. The van der Waals surface area contributed by atoms with Crippen molar-refractivity contribution in [1.82, 2.24) is 0 Å². The molecular formula is C20H33O4P. The summed E-state index contributed by atoms with van der Waals surface area (Å²) in [6.45, 7) is 4.04. The van der Waals surface area contributed by atoms with E-state index in [1.165, 1.54) is 44.9 Å². The van der Waals surface area contributed by atoms with Crippen LogP contribution in [0.15, 0.2) is 42.2 Å². The van der Waals surface area contributed by atoms with Crippen LogP contribution >= 0.6 is 7.82 Å². The second-order valence-electron chi connectivity index (χ2n) is 6.30. The van der Waals surface area contributed by atoms with Crippen LogP contribution in [0.5, 0.6) is 5.75 Å². The molecule has 0 aliphatic rings. The van der Waals surface area contributed by atoms with Gasteiger partial charge in [0.2, 0.25) is 0 Å². The highest BCUT2D eigenvalue weighted by Crippen LogP contribution is 2.46. The quantitative estimate of drug-likeness (QED) is 0.218. The van der Waals surface area contributed by atoms with E-state index in [0.29, 0.717) is 17.9 Å². The summed E-state index contributed by atoms with van der Waals surface area (Å²) in [5.41, 5.74) is 0. The molecule has 0 heterocycles. The molecule has 0 amide bonds. The fraction of sp³-hybridized carbons (Fsp3) is 0.600. The van der Waals surface area contributed by atoms with Gasteiger partial charge in [-0.15, -0.1) is 0 Å². The molecule has 0 spiro atoms. The van der Waals surface area contributed by atoms with Crippen LogP contribution in [0.2, 0.25) is 0 Å². The van der Waals surface area contributed by atoms with Crippen molar-refractivity contribution in [2.45, 2.75) is 78.1 Å². The molecular weight excluding hydrogens is 335 g/mol. The highest BCUT2D eigenvalue weighted by atomic mass is 31.2. The maximum absolute atomic E-state index is 12.1. The third kappa shape index (κ3) is 11.1. The van der Waals surface area contributed by atoms with E-state index in [2.05, 4.69) is 6.92 Å². The molecule has 0 radical (unpaired) electrons. The lowest BCUT2D eigenvalue weighted by Gasteiger charge is -2.16. The zero-order valence-corrected chi connectivity index (χ0v) is 16.5. The molecule has 5 heteroatoms. The number of hydrogen-bond donors (Lipinski definition) is 1. The van der Waals surface area contributed by atoms with Crippen LogP contribution in [0, 0.1) is 0 Å². The Balaban J connectivity index is 2.20. The lowest BCUT2D eigenvalue weighted by Crippen LogP contribution is -1.98. The minimum absolute atomic E-state index is 0.326. The summed E-state index contributed by atoms with van der Waals surface area (Å²) in [6.07, 6.45) is 13.6. The van der Waals surface area contributed by atoms with Gasteiger partial charge in [0, 0.05) is 6.42 Å². The van der Waals surface area contributed by atoms with Crippen molar-refractivity contribution in [2.24, 2.45) is 0 Å². The predicted molar refractivity (Wildman–Crippen MR) is 104 cm³/mol. The number of unbranched alkanes of at least 4 members (excludes halogenated alkanes) is 8. The molecule has 0 saturated heterocycles. The summed E-state index contributed by atoms with van der Waals surface area (Å²) in [4.78, 5) is 9.88. The average Bonchev–Trinajstić information content (AvgIpc) is 2.59. The fourth-order valence-corrected chi connectivity index (χ4v) is 3.55. The molecule has 0 aliphatic carbocycles. The van der Waals surface area contributed by atoms with Gasteiger partial charge in [0.05, 0.1) is 0 Å². The van der Waals surface area contributed by atoms with E-state index in [1.54, 1.807) is 30.3 Å². The largest absolute Gasteiger partial charge is 0.584 e. The van der Waals surface area contributed by atoms with Gasteiger partial charge in [-0.3, -0.25) is 4.89 Å². The van der Waals surface area contributed by atoms with Crippen molar-refractivity contribution in [3.05, 3.63) is 42.2 Å². The van der Waals surface area contributed by atoms with Crippen LogP contribution in [0.1, 0.15) is 78.1 Å². The fourth-order valence-electron chi connectivity index (χ4n) is 2.63. The van der Waals surface area contributed by atoms with Gasteiger partial charge < -0.3 is 9.05 Å². The lowest BCUT2D eigenvalue weighted by atomic mass is 10.1. The van der Waals surface area contributed by atoms with E-state index >= 15 is 0 Å². The predicted octanol–water partition coefficient (Wildman–Crippen LogP) is 7.01. The van der Waals surface area contributed by atoms with Crippen LogP contribution in [0.3, 0.4) is 0 Å². The second-order valence-corrected chi connectivity index (χ2v) is 7.60. The van der Waals surface area contributed by atoms with E-state index in [9.17, 15) is 9.46 Å². The molecule has 1 rings (SSSR count). The first kappa shape index (κ1) is 21.8. The molecule has 1 unspecified atom stereocenters. The standard InChI is InChI=1S/C20H33O4P/c1-3-5-6-7-8-9-10-11-13-16-19(4-2)23-25(21,22)24-20-17-14-12-15-18-20/h4,12,14-15,17-18H,3,5-11,13,16H2,1-2H3,(H,21,22). The van der Waals surface area contributed by atoms with E-state index in [-0.39, 0.29) is 0 Å². The molecule has 142 valence electrons. The molecule has 25 heavy (non-hydrogen) atoms. The smallest absolute Gasteiger partial charge is 0.400 e. The third-order valence-electron chi connectivity index (χ3n) is 4.05. The number of phosphoric ester groups is 1. The Bertz CT molecular complexity index is 528. The van der Waals surface area contributed by atoms with Gasteiger partial charge in [0.25, 0.3) is 0 Å². The normalized spacial score (nSPS) is 14.1. The number of phosphoric acid groups is 1. The van der Waals surface area contributed by atoms with Crippen molar-refractivity contribution in [2.75, 3.05) is 0 Å². The summed E-state index contributed by atoms with van der Waals surface area (Å²) in [7, 11) is -4.13. The molecule has 1 aromatic carbocycles. The van der Waals surface area contributed by atoms with Crippen molar-refractivity contribution in [1.29, 1.82) is 0 Å². The summed E-state index contributed by atoms with van der Waals surface area (Å²) in [6, 6.07) is 8.56. The van der Waals surface area contributed by atoms with Crippen LogP contribution in [-0.2, 0) is 9.09 Å². The first-order valence-corrected chi connectivity index (χ1v) is 11.0. The molecule has 0 aromatic heterocycles. The zero-order chi connectivity index (χ0) is 18.4. The number of hydrogen-bond acceptors (Lipinski definition) is 3.